The first kappa shape index (κ1) is 12.9. The minimum absolute atomic E-state index is 0.0186. The maximum Gasteiger partial charge on any atom is 0.245 e. The molecule has 104 valence electrons. The summed E-state index contributed by atoms with van der Waals surface area (Å²) in [5.41, 5.74) is 2.17. The van der Waals surface area contributed by atoms with E-state index < -0.39 is 5.54 Å². The molecule has 1 aromatic rings. The van der Waals surface area contributed by atoms with E-state index in [4.69, 9.17) is 4.98 Å². The van der Waals surface area contributed by atoms with Crippen molar-refractivity contribution in [1.82, 2.24) is 10.3 Å². The maximum atomic E-state index is 12.1. The third kappa shape index (κ3) is 1.83. The summed E-state index contributed by atoms with van der Waals surface area (Å²) in [6.07, 6.45) is 3.07. The fourth-order valence-electron chi connectivity index (χ4n) is 3.02. The van der Waals surface area contributed by atoms with E-state index in [1.165, 1.54) is 5.56 Å². The highest BCUT2D eigenvalue weighted by molar-refractivity contribution is 5.90. The van der Waals surface area contributed by atoms with Gasteiger partial charge in [-0.25, -0.2) is 4.98 Å². The number of rotatable bonds is 1. The molecular weight excluding hydrogens is 252 g/mol. The molecule has 1 amide bonds. The van der Waals surface area contributed by atoms with E-state index in [2.05, 4.69) is 11.4 Å². The molecule has 1 aliphatic carbocycles. The summed E-state index contributed by atoms with van der Waals surface area (Å²) in [4.78, 5) is 18.7. The van der Waals surface area contributed by atoms with Gasteiger partial charge in [0.05, 0.1) is 5.56 Å². The van der Waals surface area contributed by atoms with Crippen molar-refractivity contribution in [2.45, 2.75) is 38.6 Å². The maximum absolute atomic E-state index is 12.1. The molecule has 1 saturated heterocycles. The number of pyridine rings is 1. The lowest BCUT2D eigenvalue weighted by atomic mass is 9.98. The summed E-state index contributed by atoms with van der Waals surface area (Å²) in [5, 5.41) is 12.3. The Kier molecular flexibility index (Phi) is 2.89. The van der Waals surface area contributed by atoms with Crippen molar-refractivity contribution < 1.29 is 4.79 Å². The van der Waals surface area contributed by atoms with Gasteiger partial charge in [0, 0.05) is 18.8 Å². The van der Waals surface area contributed by atoms with E-state index in [0.717, 1.165) is 25.0 Å². The van der Waals surface area contributed by atoms with Gasteiger partial charge in [-0.15, -0.1) is 0 Å². The third-order valence-corrected chi connectivity index (χ3v) is 4.26. The smallest absolute Gasteiger partial charge is 0.245 e. The zero-order valence-corrected chi connectivity index (χ0v) is 11.9. The first-order valence-corrected chi connectivity index (χ1v) is 7.03. The van der Waals surface area contributed by atoms with Gasteiger partial charge in [-0.3, -0.25) is 4.79 Å². The van der Waals surface area contributed by atoms with Gasteiger partial charge >= 0.3 is 0 Å². The van der Waals surface area contributed by atoms with E-state index in [9.17, 15) is 10.1 Å². The molecule has 0 radical (unpaired) electrons. The van der Waals surface area contributed by atoms with Crippen molar-refractivity contribution in [3.05, 3.63) is 22.9 Å². The highest BCUT2D eigenvalue weighted by atomic mass is 16.2. The minimum atomic E-state index is -0.677. The van der Waals surface area contributed by atoms with Gasteiger partial charge in [-0.2, -0.15) is 5.26 Å². The van der Waals surface area contributed by atoms with Crippen molar-refractivity contribution in [3.63, 3.8) is 0 Å². The van der Waals surface area contributed by atoms with Gasteiger partial charge in [0.2, 0.25) is 5.91 Å². The number of aryl methyl sites for hydroxylation is 2. The molecule has 0 unspecified atom stereocenters. The summed E-state index contributed by atoms with van der Waals surface area (Å²) < 4.78 is 0. The van der Waals surface area contributed by atoms with Crippen LogP contribution in [0.4, 0.5) is 5.82 Å². The number of fused-ring (bicyclic) bond motifs is 1. The number of nitriles is 1. The van der Waals surface area contributed by atoms with Crippen LogP contribution in [0, 0.1) is 11.3 Å². The molecule has 1 aromatic heterocycles. The molecule has 5 nitrogen and oxygen atoms in total. The topological polar surface area (TPSA) is 69.0 Å². The second-order valence-corrected chi connectivity index (χ2v) is 5.90. The van der Waals surface area contributed by atoms with E-state index >= 15 is 0 Å². The van der Waals surface area contributed by atoms with Gasteiger partial charge in [-0.1, -0.05) is 0 Å². The van der Waals surface area contributed by atoms with E-state index in [1.54, 1.807) is 0 Å². The Labute approximate surface area is 118 Å². The standard InChI is InChI=1S/C15H18N4O/c1-15(2)14(20)17-6-7-19(15)13-11(9-16)8-10-4-3-5-12(10)18-13/h8H,3-7H2,1-2H3,(H,17,20). The molecule has 0 aromatic carbocycles. The zero-order chi connectivity index (χ0) is 14.3. The molecule has 3 rings (SSSR count). The number of amides is 1. The van der Waals surface area contributed by atoms with Gasteiger partial charge in [0.25, 0.3) is 0 Å². The number of aromatic nitrogens is 1. The number of hydrogen-bond donors (Lipinski definition) is 1. The normalized spacial score (nSPS) is 20.2. The van der Waals surface area contributed by atoms with Gasteiger partial charge in [0.15, 0.2) is 0 Å². The average Bonchev–Trinajstić information content (AvgIpc) is 2.87. The lowest BCUT2D eigenvalue weighted by molar-refractivity contribution is -0.126. The van der Waals surface area contributed by atoms with Crippen LogP contribution in [0.15, 0.2) is 6.07 Å². The predicted molar refractivity (Wildman–Crippen MR) is 75.4 cm³/mol. The van der Waals surface area contributed by atoms with Crippen LogP contribution in [0.3, 0.4) is 0 Å². The van der Waals surface area contributed by atoms with Crippen LogP contribution in [0.1, 0.15) is 37.1 Å². The van der Waals surface area contributed by atoms with Gasteiger partial charge in [-0.05, 0) is 44.7 Å². The molecule has 5 heteroatoms. The number of anilines is 1. The number of carbonyl (C=O) groups is 1. The molecule has 1 aliphatic heterocycles. The summed E-state index contributed by atoms with van der Waals surface area (Å²) in [5.74, 6) is 0.642. The lowest BCUT2D eigenvalue weighted by Crippen LogP contribution is -2.62. The molecule has 1 N–H and O–H groups in total. The Morgan fingerprint density at radius 2 is 2.25 bits per heavy atom. The summed E-state index contributed by atoms with van der Waals surface area (Å²) in [7, 11) is 0. The molecule has 2 aliphatic rings. The predicted octanol–water partition coefficient (Wildman–Crippen LogP) is 1.16. The molecule has 0 atom stereocenters. The Morgan fingerprint density at radius 1 is 1.45 bits per heavy atom. The number of piperazine rings is 1. The fourth-order valence-corrected chi connectivity index (χ4v) is 3.02. The van der Waals surface area contributed by atoms with Gasteiger partial charge < -0.3 is 10.2 Å². The second kappa shape index (κ2) is 4.48. The van der Waals surface area contributed by atoms with E-state index in [1.807, 2.05) is 24.8 Å². The summed E-state index contributed by atoms with van der Waals surface area (Å²) in [6.45, 7) is 5.01. The van der Waals surface area contributed by atoms with Gasteiger partial charge in [0.1, 0.15) is 17.4 Å². The SMILES string of the molecule is CC1(C)C(=O)NCCN1c1nc2c(cc1C#N)CCC2. The quantitative estimate of drug-likeness (QED) is 0.831. The monoisotopic (exact) mass is 270 g/mol. The third-order valence-electron chi connectivity index (χ3n) is 4.26. The van der Waals surface area contributed by atoms with Crippen molar-refractivity contribution in [2.24, 2.45) is 0 Å². The second-order valence-electron chi connectivity index (χ2n) is 5.90. The van der Waals surface area contributed by atoms with Crippen molar-refractivity contribution in [2.75, 3.05) is 18.0 Å². The largest absolute Gasteiger partial charge is 0.352 e. The van der Waals surface area contributed by atoms with Crippen LogP contribution in [-0.4, -0.2) is 29.5 Å². The van der Waals surface area contributed by atoms with Crippen LogP contribution in [0.25, 0.3) is 0 Å². The van der Waals surface area contributed by atoms with Crippen LogP contribution >= 0.6 is 0 Å². The molecule has 0 saturated carbocycles. The molecule has 0 bridgehead atoms. The molecular formula is C15H18N4O. The molecule has 2 heterocycles. The lowest BCUT2D eigenvalue weighted by Gasteiger charge is -2.42. The Hall–Kier alpha value is -2.09. The molecule has 1 fully saturated rings. The van der Waals surface area contributed by atoms with Crippen molar-refractivity contribution in [1.29, 1.82) is 5.26 Å². The molecule has 0 spiro atoms. The van der Waals surface area contributed by atoms with Crippen LogP contribution in [-0.2, 0) is 17.6 Å². The molecule has 20 heavy (non-hydrogen) atoms. The van der Waals surface area contributed by atoms with Crippen molar-refractivity contribution in [3.8, 4) is 6.07 Å². The number of nitrogens with zero attached hydrogens (tertiary/aromatic N) is 3. The van der Waals surface area contributed by atoms with Crippen molar-refractivity contribution >= 4 is 11.7 Å². The van der Waals surface area contributed by atoms with Crippen LogP contribution in [0.5, 0.6) is 0 Å². The van der Waals surface area contributed by atoms with E-state index in [-0.39, 0.29) is 5.91 Å². The minimum Gasteiger partial charge on any atom is -0.352 e. The number of hydrogen-bond acceptors (Lipinski definition) is 4. The fraction of sp³-hybridized carbons (Fsp3) is 0.533. The Balaban J connectivity index is 2.10. The van der Waals surface area contributed by atoms with Crippen LogP contribution in [0.2, 0.25) is 0 Å². The number of carbonyl (C=O) groups excluding carboxylic acids is 1. The van der Waals surface area contributed by atoms with Crippen LogP contribution < -0.4 is 10.2 Å². The first-order valence-electron chi connectivity index (χ1n) is 7.03. The Bertz CT molecular complexity index is 615. The summed E-state index contributed by atoms with van der Waals surface area (Å²) >= 11 is 0. The first-order chi connectivity index (χ1) is 9.54. The highest BCUT2D eigenvalue weighted by Gasteiger charge is 2.39. The zero-order valence-electron chi connectivity index (χ0n) is 11.9. The Morgan fingerprint density at radius 3 is 3.00 bits per heavy atom. The van der Waals surface area contributed by atoms with E-state index in [0.29, 0.717) is 24.5 Å². The number of nitrogens with one attached hydrogen (secondary N) is 1. The highest BCUT2D eigenvalue weighted by Crippen LogP contribution is 2.31. The average molecular weight is 270 g/mol. The summed E-state index contributed by atoms with van der Waals surface area (Å²) in [6, 6.07) is 4.19.